The maximum Gasteiger partial charge on any atom is 0.327 e. The van der Waals surface area contributed by atoms with E-state index in [1.165, 1.54) is 6.07 Å². The zero-order chi connectivity index (χ0) is 15.6. The predicted octanol–water partition coefficient (Wildman–Crippen LogP) is 4.33. The monoisotopic (exact) mass is 305 g/mol. The van der Waals surface area contributed by atoms with Crippen LogP contribution in [0.25, 0.3) is 16.9 Å². The number of rotatable bonds is 3. The van der Waals surface area contributed by atoms with Gasteiger partial charge in [0.05, 0.1) is 5.69 Å². The molecule has 0 atom stereocenters. The molecule has 0 unspecified atom stereocenters. The Labute approximate surface area is 131 Å². The van der Waals surface area contributed by atoms with Gasteiger partial charge in [-0.2, -0.15) is 0 Å². The first-order valence-electron chi connectivity index (χ1n) is 7.15. The van der Waals surface area contributed by atoms with Gasteiger partial charge in [0.25, 0.3) is 0 Å². The fourth-order valence-electron chi connectivity index (χ4n) is 2.44. The second-order valence-electron chi connectivity index (χ2n) is 4.99. The number of ether oxygens (including phenoxy) is 1. The molecule has 0 aliphatic heterocycles. The Kier molecular flexibility index (Phi) is 3.24. The van der Waals surface area contributed by atoms with Crippen LogP contribution in [0.4, 0.5) is 4.39 Å². The van der Waals surface area contributed by atoms with Crippen LogP contribution in [0.15, 0.2) is 72.8 Å². The lowest BCUT2D eigenvalue weighted by Crippen LogP contribution is -1.97. The third kappa shape index (κ3) is 2.42. The maximum atomic E-state index is 13.8. The van der Waals surface area contributed by atoms with Gasteiger partial charge in [0, 0.05) is 0 Å². The highest BCUT2D eigenvalue weighted by atomic mass is 19.1. The Balaban J connectivity index is 1.87. The van der Waals surface area contributed by atoms with Crippen LogP contribution in [0, 0.1) is 5.82 Å². The number of aromatic nitrogens is 3. The molecule has 112 valence electrons. The number of para-hydroxylation sites is 1. The van der Waals surface area contributed by atoms with Crippen molar-refractivity contribution in [2.24, 2.45) is 0 Å². The molecular formula is C18H12FN3O. The molecule has 4 nitrogen and oxygen atoms in total. The molecule has 0 fully saturated rings. The summed E-state index contributed by atoms with van der Waals surface area (Å²) in [6.07, 6.45) is 0. The fourth-order valence-corrected chi connectivity index (χ4v) is 2.44. The first-order chi connectivity index (χ1) is 11.3. The van der Waals surface area contributed by atoms with Crippen molar-refractivity contribution < 1.29 is 9.13 Å². The van der Waals surface area contributed by atoms with Gasteiger partial charge in [0.1, 0.15) is 0 Å². The van der Waals surface area contributed by atoms with Gasteiger partial charge in [-0.15, -0.1) is 5.10 Å². The Morgan fingerprint density at radius 1 is 0.783 bits per heavy atom. The molecule has 2 heterocycles. The maximum absolute atomic E-state index is 13.8. The van der Waals surface area contributed by atoms with Crippen LogP contribution < -0.4 is 4.74 Å². The molecule has 4 rings (SSSR count). The molecule has 0 N–H and O–H groups in total. The van der Waals surface area contributed by atoms with Crippen LogP contribution in [-0.2, 0) is 0 Å². The van der Waals surface area contributed by atoms with Gasteiger partial charge < -0.3 is 4.74 Å². The summed E-state index contributed by atoms with van der Waals surface area (Å²) in [5.41, 5.74) is 2.51. The van der Waals surface area contributed by atoms with Crippen LogP contribution in [-0.4, -0.2) is 14.6 Å². The molecule has 2 aromatic carbocycles. The highest BCUT2D eigenvalue weighted by Gasteiger charge is 2.14. The molecule has 0 bridgehead atoms. The van der Waals surface area contributed by atoms with Gasteiger partial charge in [0.2, 0.25) is 0 Å². The minimum Gasteiger partial charge on any atom is -0.421 e. The van der Waals surface area contributed by atoms with Crippen molar-refractivity contribution in [3.8, 4) is 23.0 Å². The minimum atomic E-state index is -0.443. The molecule has 23 heavy (non-hydrogen) atoms. The highest BCUT2D eigenvalue weighted by Crippen LogP contribution is 2.28. The van der Waals surface area contributed by atoms with Crippen molar-refractivity contribution in [2.45, 2.75) is 0 Å². The quantitative estimate of drug-likeness (QED) is 0.565. The van der Waals surface area contributed by atoms with Crippen LogP contribution in [0.2, 0.25) is 0 Å². The normalized spacial score (nSPS) is 10.8. The second-order valence-corrected chi connectivity index (χ2v) is 4.99. The van der Waals surface area contributed by atoms with Gasteiger partial charge in [-0.3, -0.25) is 0 Å². The van der Waals surface area contributed by atoms with Gasteiger partial charge in [0.15, 0.2) is 17.2 Å². The summed E-state index contributed by atoms with van der Waals surface area (Å²) in [7, 11) is 0. The molecule has 0 radical (unpaired) electrons. The molecule has 4 aromatic rings. The summed E-state index contributed by atoms with van der Waals surface area (Å²) in [6.45, 7) is 0. The van der Waals surface area contributed by atoms with Crippen LogP contribution >= 0.6 is 0 Å². The first-order valence-corrected chi connectivity index (χ1v) is 7.15. The van der Waals surface area contributed by atoms with Crippen molar-refractivity contribution >= 4 is 5.65 Å². The van der Waals surface area contributed by atoms with E-state index < -0.39 is 5.82 Å². The molecule has 0 spiro atoms. The largest absolute Gasteiger partial charge is 0.421 e. The standard InChI is InChI=1S/C18H12FN3O/c19-14-9-4-5-11-16(14)23-18-21-20-17-12-6-10-15(22(17)18)13-7-2-1-3-8-13/h1-12H. The topological polar surface area (TPSA) is 39.4 Å². The van der Waals surface area contributed by atoms with Crippen LogP contribution in [0.3, 0.4) is 0 Å². The number of fused-ring (bicyclic) bond motifs is 1. The number of hydrogen-bond donors (Lipinski definition) is 0. The first kappa shape index (κ1) is 13.5. The summed E-state index contributed by atoms with van der Waals surface area (Å²) in [5.74, 6) is -0.328. The average molecular weight is 305 g/mol. The highest BCUT2D eigenvalue weighted by molar-refractivity contribution is 5.64. The van der Waals surface area contributed by atoms with Gasteiger partial charge in [-0.05, 0) is 29.8 Å². The van der Waals surface area contributed by atoms with Crippen molar-refractivity contribution in [1.29, 1.82) is 0 Å². The Morgan fingerprint density at radius 3 is 2.39 bits per heavy atom. The molecule has 0 aliphatic carbocycles. The van der Waals surface area contributed by atoms with Crippen molar-refractivity contribution in [2.75, 3.05) is 0 Å². The smallest absolute Gasteiger partial charge is 0.327 e. The summed E-state index contributed by atoms with van der Waals surface area (Å²) < 4.78 is 21.2. The fraction of sp³-hybridized carbons (Fsp3) is 0. The third-order valence-corrected chi connectivity index (χ3v) is 3.51. The van der Waals surface area contributed by atoms with E-state index in [9.17, 15) is 4.39 Å². The van der Waals surface area contributed by atoms with Gasteiger partial charge in [-0.1, -0.05) is 53.6 Å². The minimum absolute atomic E-state index is 0.115. The molecule has 5 heteroatoms. The molecule has 0 amide bonds. The SMILES string of the molecule is Fc1ccccc1Oc1nnc2cccc(-c3ccccc3)n12. The average Bonchev–Trinajstić information content (AvgIpc) is 3.01. The Hall–Kier alpha value is -3.21. The summed E-state index contributed by atoms with van der Waals surface area (Å²) in [6, 6.07) is 22.0. The van der Waals surface area contributed by atoms with E-state index in [1.807, 2.05) is 48.5 Å². The van der Waals surface area contributed by atoms with E-state index in [4.69, 9.17) is 4.74 Å². The van der Waals surface area contributed by atoms with Crippen molar-refractivity contribution in [3.63, 3.8) is 0 Å². The van der Waals surface area contributed by atoms with E-state index in [0.29, 0.717) is 5.65 Å². The zero-order valence-electron chi connectivity index (χ0n) is 12.1. The number of halogens is 1. The van der Waals surface area contributed by atoms with Crippen molar-refractivity contribution in [3.05, 3.63) is 78.6 Å². The summed E-state index contributed by atoms with van der Waals surface area (Å²) in [4.78, 5) is 0. The molecule has 0 aliphatic rings. The predicted molar refractivity (Wildman–Crippen MR) is 84.9 cm³/mol. The second kappa shape index (κ2) is 5.53. The van der Waals surface area contributed by atoms with E-state index in [2.05, 4.69) is 10.2 Å². The van der Waals surface area contributed by atoms with E-state index in [-0.39, 0.29) is 11.8 Å². The lowest BCUT2D eigenvalue weighted by molar-refractivity contribution is 0.407. The van der Waals surface area contributed by atoms with Gasteiger partial charge >= 0.3 is 6.01 Å². The lowest BCUT2D eigenvalue weighted by Gasteiger charge is -2.09. The number of benzene rings is 2. The van der Waals surface area contributed by atoms with E-state index in [1.54, 1.807) is 22.6 Å². The van der Waals surface area contributed by atoms with E-state index in [0.717, 1.165) is 11.3 Å². The van der Waals surface area contributed by atoms with Crippen LogP contribution in [0.1, 0.15) is 0 Å². The number of hydrogen-bond acceptors (Lipinski definition) is 3. The number of nitrogens with zero attached hydrogens (tertiary/aromatic N) is 3. The number of pyridine rings is 1. The zero-order valence-corrected chi connectivity index (χ0v) is 12.1. The Morgan fingerprint density at radius 2 is 1.57 bits per heavy atom. The van der Waals surface area contributed by atoms with Crippen molar-refractivity contribution in [1.82, 2.24) is 14.6 Å². The molecule has 0 saturated carbocycles. The third-order valence-electron chi connectivity index (χ3n) is 3.51. The summed E-state index contributed by atoms with van der Waals surface area (Å²) >= 11 is 0. The van der Waals surface area contributed by atoms with E-state index >= 15 is 0 Å². The molecule has 0 saturated heterocycles. The molecule has 2 aromatic heterocycles. The van der Waals surface area contributed by atoms with Crippen LogP contribution in [0.5, 0.6) is 11.8 Å². The lowest BCUT2D eigenvalue weighted by atomic mass is 10.1. The molecular weight excluding hydrogens is 293 g/mol. The Bertz CT molecular complexity index is 966. The summed E-state index contributed by atoms with van der Waals surface area (Å²) in [5, 5.41) is 8.14. The van der Waals surface area contributed by atoms with Gasteiger partial charge in [-0.25, -0.2) is 8.79 Å².